The number of benzene rings is 1. The number of aryl methyl sites for hydroxylation is 1. The van der Waals surface area contributed by atoms with Gasteiger partial charge in [-0.05, 0) is 31.0 Å². The number of sulfonamides is 1. The first-order chi connectivity index (χ1) is 9.70. The molecule has 1 N–H and O–H groups in total. The topological polar surface area (TPSA) is 66.5 Å². The number of rotatable bonds is 6. The summed E-state index contributed by atoms with van der Waals surface area (Å²) >= 11 is 0. The number of hydrogen-bond acceptors (Lipinski definition) is 3. The van der Waals surface area contributed by atoms with Crippen LogP contribution >= 0.6 is 0 Å². The largest absolute Gasteiger partial charge is 0.326 e. The van der Waals surface area contributed by atoms with Crippen LogP contribution < -0.4 is 5.32 Å². The Labute approximate surface area is 127 Å². The minimum atomic E-state index is -3.50. The molecule has 1 aromatic carbocycles. The van der Waals surface area contributed by atoms with Crippen molar-refractivity contribution in [2.75, 3.05) is 19.4 Å². The molecule has 0 heterocycles. The highest BCUT2D eigenvalue weighted by atomic mass is 32.2. The van der Waals surface area contributed by atoms with E-state index in [2.05, 4.69) is 5.32 Å². The summed E-state index contributed by atoms with van der Waals surface area (Å²) < 4.78 is 25.4. The Morgan fingerprint density at radius 1 is 1.33 bits per heavy atom. The molecule has 0 fully saturated rings. The quantitative estimate of drug-likeness (QED) is 0.878. The van der Waals surface area contributed by atoms with E-state index in [0.717, 1.165) is 22.7 Å². The van der Waals surface area contributed by atoms with Crippen molar-refractivity contribution in [1.82, 2.24) is 4.31 Å². The first kappa shape index (κ1) is 17.7. The van der Waals surface area contributed by atoms with Crippen LogP contribution in [-0.2, 0) is 14.8 Å². The summed E-state index contributed by atoms with van der Waals surface area (Å²) in [5, 5.41) is 2.82. The summed E-state index contributed by atoms with van der Waals surface area (Å²) in [6.07, 6.45) is 1.74. The number of nitrogens with one attached hydrogen (secondary N) is 1. The molecular formula is C15H24N2O3S. The number of amides is 1. The molecule has 0 saturated carbocycles. The van der Waals surface area contributed by atoms with Crippen molar-refractivity contribution in [3.05, 3.63) is 23.8 Å². The maximum absolute atomic E-state index is 12.1. The third-order valence-corrected chi connectivity index (χ3v) is 5.23. The van der Waals surface area contributed by atoms with Crippen molar-refractivity contribution in [3.63, 3.8) is 0 Å². The fraction of sp³-hybridized carbons (Fsp3) is 0.533. The average Bonchev–Trinajstić information content (AvgIpc) is 2.40. The maximum Gasteiger partial charge on any atom is 0.242 e. The summed E-state index contributed by atoms with van der Waals surface area (Å²) in [4.78, 5) is 12.3. The number of hydrogen-bond donors (Lipinski definition) is 1. The molecular weight excluding hydrogens is 288 g/mol. The van der Waals surface area contributed by atoms with Crippen LogP contribution in [0.1, 0.15) is 32.3 Å². The van der Waals surface area contributed by atoms with E-state index in [-0.39, 0.29) is 16.7 Å². The fourth-order valence-corrected chi connectivity index (χ4v) is 2.86. The van der Waals surface area contributed by atoms with Gasteiger partial charge in [-0.15, -0.1) is 0 Å². The standard InChI is InChI=1S/C15H24N2O3S/c1-6-7-12(3)15(18)16-14-10-13(9-8-11(14)2)21(19,20)17(4)5/h8-10,12H,6-7H2,1-5H3,(H,16,18). The Balaban J connectivity index is 3.07. The van der Waals surface area contributed by atoms with Gasteiger partial charge in [0.2, 0.25) is 15.9 Å². The molecule has 1 atom stereocenters. The second-order valence-corrected chi connectivity index (χ2v) is 7.59. The molecule has 5 nitrogen and oxygen atoms in total. The SMILES string of the molecule is CCCC(C)C(=O)Nc1cc(S(=O)(=O)N(C)C)ccc1C. The van der Waals surface area contributed by atoms with Crippen LogP contribution in [0.25, 0.3) is 0 Å². The second-order valence-electron chi connectivity index (χ2n) is 5.44. The van der Waals surface area contributed by atoms with Crippen LogP contribution in [0.15, 0.2) is 23.1 Å². The van der Waals surface area contributed by atoms with Crippen LogP contribution in [0.5, 0.6) is 0 Å². The van der Waals surface area contributed by atoms with E-state index in [4.69, 9.17) is 0 Å². The molecule has 0 aliphatic rings. The molecule has 0 radical (unpaired) electrons. The van der Waals surface area contributed by atoms with Crippen LogP contribution in [-0.4, -0.2) is 32.7 Å². The lowest BCUT2D eigenvalue weighted by molar-refractivity contribution is -0.119. The first-order valence-corrected chi connectivity index (χ1v) is 8.48. The molecule has 118 valence electrons. The lowest BCUT2D eigenvalue weighted by atomic mass is 10.1. The Morgan fingerprint density at radius 3 is 2.48 bits per heavy atom. The normalized spacial score (nSPS) is 13.2. The smallest absolute Gasteiger partial charge is 0.242 e. The van der Waals surface area contributed by atoms with Gasteiger partial charge in [0.1, 0.15) is 0 Å². The lowest BCUT2D eigenvalue weighted by Gasteiger charge is -2.16. The molecule has 1 aromatic rings. The summed E-state index contributed by atoms with van der Waals surface area (Å²) in [5.74, 6) is -0.178. The summed E-state index contributed by atoms with van der Waals surface area (Å²) in [6.45, 7) is 5.74. The summed E-state index contributed by atoms with van der Waals surface area (Å²) in [5.41, 5.74) is 1.38. The van der Waals surface area contributed by atoms with Crippen molar-refractivity contribution in [1.29, 1.82) is 0 Å². The predicted octanol–water partition coefficient (Wildman–Crippen LogP) is 2.62. The third-order valence-electron chi connectivity index (χ3n) is 3.41. The number of anilines is 1. The third kappa shape index (κ3) is 4.28. The van der Waals surface area contributed by atoms with E-state index >= 15 is 0 Å². The Bertz CT molecular complexity index is 609. The van der Waals surface area contributed by atoms with Gasteiger partial charge in [0.15, 0.2) is 0 Å². The highest BCUT2D eigenvalue weighted by Gasteiger charge is 2.19. The summed E-state index contributed by atoms with van der Waals surface area (Å²) in [6, 6.07) is 4.77. The van der Waals surface area contributed by atoms with Crippen LogP contribution in [0.4, 0.5) is 5.69 Å². The zero-order valence-electron chi connectivity index (χ0n) is 13.3. The van der Waals surface area contributed by atoms with Crippen molar-refractivity contribution in [2.45, 2.75) is 38.5 Å². The molecule has 0 spiro atoms. The van der Waals surface area contributed by atoms with Gasteiger partial charge in [0.25, 0.3) is 0 Å². The molecule has 0 aromatic heterocycles. The summed E-state index contributed by atoms with van der Waals surface area (Å²) in [7, 11) is -0.535. The molecule has 0 bridgehead atoms. The van der Waals surface area contributed by atoms with Gasteiger partial charge >= 0.3 is 0 Å². The van der Waals surface area contributed by atoms with Crippen molar-refractivity contribution in [3.8, 4) is 0 Å². The number of nitrogens with zero attached hydrogens (tertiary/aromatic N) is 1. The fourth-order valence-electron chi connectivity index (χ4n) is 1.93. The van der Waals surface area contributed by atoms with Gasteiger partial charge in [-0.2, -0.15) is 0 Å². The van der Waals surface area contributed by atoms with Gasteiger partial charge < -0.3 is 5.32 Å². The van der Waals surface area contributed by atoms with Crippen molar-refractivity contribution < 1.29 is 13.2 Å². The maximum atomic E-state index is 12.1. The monoisotopic (exact) mass is 312 g/mol. The van der Waals surface area contributed by atoms with Gasteiger partial charge in [0, 0.05) is 25.7 Å². The zero-order valence-corrected chi connectivity index (χ0v) is 14.1. The molecule has 21 heavy (non-hydrogen) atoms. The lowest BCUT2D eigenvalue weighted by Crippen LogP contribution is -2.23. The van der Waals surface area contributed by atoms with E-state index < -0.39 is 10.0 Å². The van der Waals surface area contributed by atoms with Gasteiger partial charge in [-0.25, -0.2) is 12.7 Å². The molecule has 6 heteroatoms. The predicted molar refractivity (Wildman–Crippen MR) is 84.8 cm³/mol. The highest BCUT2D eigenvalue weighted by Crippen LogP contribution is 2.23. The Morgan fingerprint density at radius 2 is 1.95 bits per heavy atom. The Hall–Kier alpha value is -1.40. The van der Waals surface area contributed by atoms with Crippen LogP contribution in [0, 0.1) is 12.8 Å². The molecule has 1 unspecified atom stereocenters. The van der Waals surface area contributed by atoms with E-state index in [9.17, 15) is 13.2 Å². The van der Waals surface area contributed by atoms with E-state index in [1.54, 1.807) is 12.1 Å². The molecule has 0 aliphatic heterocycles. The van der Waals surface area contributed by atoms with Crippen molar-refractivity contribution >= 4 is 21.6 Å². The van der Waals surface area contributed by atoms with Crippen molar-refractivity contribution in [2.24, 2.45) is 5.92 Å². The minimum absolute atomic E-state index is 0.0839. The first-order valence-electron chi connectivity index (χ1n) is 7.04. The second kappa shape index (κ2) is 7.04. The van der Waals surface area contributed by atoms with Gasteiger partial charge in [-0.3, -0.25) is 4.79 Å². The van der Waals surface area contributed by atoms with Crippen LogP contribution in [0.2, 0.25) is 0 Å². The molecule has 1 rings (SSSR count). The molecule has 1 amide bonds. The minimum Gasteiger partial charge on any atom is -0.326 e. The zero-order chi connectivity index (χ0) is 16.2. The Kier molecular flexibility index (Phi) is 5.92. The van der Waals surface area contributed by atoms with E-state index in [1.807, 2.05) is 20.8 Å². The molecule has 0 saturated heterocycles. The van der Waals surface area contributed by atoms with Crippen LogP contribution in [0.3, 0.4) is 0 Å². The van der Waals surface area contributed by atoms with Gasteiger partial charge in [-0.1, -0.05) is 26.3 Å². The van der Waals surface area contributed by atoms with E-state index in [1.165, 1.54) is 20.2 Å². The molecule has 0 aliphatic carbocycles. The average molecular weight is 312 g/mol. The van der Waals surface area contributed by atoms with E-state index in [0.29, 0.717) is 5.69 Å². The highest BCUT2D eigenvalue weighted by molar-refractivity contribution is 7.89. The van der Waals surface area contributed by atoms with Gasteiger partial charge in [0.05, 0.1) is 4.90 Å². The number of carbonyl (C=O) groups excluding carboxylic acids is 1. The number of carbonyl (C=O) groups is 1.